The number of phenols is 2. The van der Waals surface area contributed by atoms with E-state index in [2.05, 4.69) is 0 Å². The molecule has 0 bridgehead atoms. The molecule has 2 N–H and O–H groups in total. The monoisotopic (exact) mass is 312 g/mol. The van der Waals surface area contributed by atoms with Crippen LogP contribution >= 0.6 is 0 Å². The lowest BCUT2D eigenvalue weighted by molar-refractivity contribution is 0.475. The van der Waals surface area contributed by atoms with Crippen LogP contribution in [0.2, 0.25) is 0 Å². The lowest BCUT2D eigenvalue weighted by atomic mass is 9.90. The van der Waals surface area contributed by atoms with Gasteiger partial charge >= 0.3 is 0 Å². The van der Waals surface area contributed by atoms with Crippen LogP contribution in [0.1, 0.15) is 11.1 Å². The minimum Gasteiger partial charge on any atom is -0.508 e. The molecular formula is C20H12N2O2. The summed E-state index contributed by atoms with van der Waals surface area (Å²) in [6.45, 7) is 0. The van der Waals surface area contributed by atoms with E-state index in [0.29, 0.717) is 11.1 Å². The van der Waals surface area contributed by atoms with Gasteiger partial charge in [0.05, 0.1) is 11.1 Å². The first-order valence-electron chi connectivity index (χ1n) is 7.19. The molecule has 3 rings (SSSR count). The van der Waals surface area contributed by atoms with Gasteiger partial charge in [-0.05, 0) is 58.7 Å². The molecule has 4 nitrogen and oxygen atoms in total. The predicted octanol–water partition coefficient (Wildman–Crippen LogP) is 4.18. The Hall–Kier alpha value is -3.76. The molecular weight excluding hydrogens is 300 g/mol. The second-order valence-electron chi connectivity index (χ2n) is 5.26. The first-order valence-corrected chi connectivity index (χ1v) is 7.19. The Labute approximate surface area is 139 Å². The van der Waals surface area contributed by atoms with Gasteiger partial charge in [-0.15, -0.1) is 0 Å². The number of benzene rings is 3. The Balaban J connectivity index is 2.29. The van der Waals surface area contributed by atoms with Gasteiger partial charge in [0.2, 0.25) is 0 Å². The molecule has 0 aliphatic rings. The summed E-state index contributed by atoms with van der Waals surface area (Å²) in [6.07, 6.45) is 0. The van der Waals surface area contributed by atoms with Gasteiger partial charge in [0.1, 0.15) is 23.6 Å². The van der Waals surface area contributed by atoms with Crippen LogP contribution in [0.5, 0.6) is 11.5 Å². The first-order chi connectivity index (χ1) is 11.6. The number of nitrogens with zero attached hydrogens (tertiary/aromatic N) is 2. The molecule has 0 spiro atoms. The molecule has 0 radical (unpaired) electrons. The number of aromatic hydroxyl groups is 2. The van der Waals surface area contributed by atoms with Crippen molar-refractivity contribution in [2.75, 3.05) is 0 Å². The maximum atomic E-state index is 9.48. The molecule has 0 aromatic heterocycles. The van der Waals surface area contributed by atoms with Gasteiger partial charge in [0, 0.05) is 0 Å². The minimum atomic E-state index is 0.152. The molecule has 0 amide bonds. The van der Waals surface area contributed by atoms with Crippen LogP contribution in [0.4, 0.5) is 0 Å². The molecule has 3 aromatic carbocycles. The van der Waals surface area contributed by atoms with E-state index < -0.39 is 0 Å². The second kappa shape index (κ2) is 6.16. The van der Waals surface area contributed by atoms with E-state index in [1.54, 1.807) is 60.7 Å². The van der Waals surface area contributed by atoms with Crippen LogP contribution < -0.4 is 0 Å². The van der Waals surface area contributed by atoms with Gasteiger partial charge < -0.3 is 10.2 Å². The van der Waals surface area contributed by atoms with Crippen molar-refractivity contribution >= 4 is 0 Å². The Kier molecular flexibility index (Phi) is 3.89. The van der Waals surface area contributed by atoms with Gasteiger partial charge in [-0.1, -0.05) is 24.3 Å². The van der Waals surface area contributed by atoms with Crippen LogP contribution in [-0.2, 0) is 0 Å². The van der Waals surface area contributed by atoms with Crippen molar-refractivity contribution in [3.63, 3.8) is 0 Å². The Morgan fingerprint density at radius 1 is 0.583 bits per heavy atom. The molecule has 0 saturated carbocycles. The highest BCUT2D eigenvalue weighted by atomic mass is 16.3. The molecule has 24 heavy (non-hydrogen) atoms. The van der Waals surface area contributed by atoms with Crippen LogP contribution in [0, 0.1) is 22.7 Å². The Bertz CT molecular complexity index is 894. The summed E-state index contributed by atoms with van der Waals surface area (Å²) in [6, 6.07) is 20.7. The van der Waals surface area contributed by atoms with Crippen molar-refractivity contribution in [3.8, 4) is 45.9 Å². The number of nitriles is 2. The smallest absolute Gasteiger partial charge is 0.115 e. The molecule has 0 atom stereocenters. The highest BCUT2D eigenvalue weighted by Crippen LogP contribution is 2.35. The van der Waals surface area contributed by atoms with Crippen molar-refractivity contribution in [1.29, 1.82) is 10.5 Å². The predicted molar refractivity (Wildman–Crippen MR) is 90.1 cm³/mol. The lowest BCUT2D eigenvalue weighted by Gasteiger charge is -2.12. The number of rotatable bonds is 2. The zero-order valence-electron chi connectivity index (χ0n) is 12.6. The standard InChI is InChI=1S/C20H12N2O2/c21-11-15-9-19(13-1-5-17(23)6-2-13)20(10-16(15)12-22)14-3-7-18(24)8-4-14/h1-10,23-24H. The van der Waals surface area contributed by atoms with E-state index in [1.807, 2.05) is 12.1 Å². The molecule has 0 aliphatic carbocycles. The molecule has 3 aromatic rings. The maximum absolute atomic E-state index is 9.48. The Morgan fingerprint density at radius 3 is 1.21 bits per heavy atom. The minimum absolute atomic E-state index is 0.152. The Morgan fingerprint density at radius 2 is 0.917 bits per heavy atom. The van der Waals surface area contributed by atoms with Crippen LogP contribution in [-0.4, -0.2) is 10.2 Å². The normalized spacial score (nSPS) is 9.92. The van der Waals surface area contributed by atoms with Crippen molar-refractivity contribution in [1.82, 2.24) is 0 Å². The SMILES string of the molecule is N#Cc1cc(-c2ccc(O)cc2)c(-c2ccc(O)cc2)cc1C#N. The highest BCUT2D eigenvalue weighted by Gasteiger charge is 2.13. The van der Waals surface area contributed by atoms with E-state index in [4.69, 9.17) is 0 Å². The topological polar surface area (TPSA) is 88.0 Å². The van der Waals surface area contributed by atoms with E-state index in [9.17, 15) is 20.7 Å². The summed E-state index contributed by atoms with van der Waals surface area (Å²) < 4.78 is 0. The van der Waals surface area contributed by atoms with E-state index >= 15 is 0 Å². The highest BCUT2D eigenvalue weighted by molar-refractivity contribution is 5.86. The maximum Gasteiger partial charge on any atom is 0.115 e. The lowest BCUT2D eigenvalue weighted by Crippen LogP contribution is -1.91. The van der Waals surface area contributed by atoms with Gasteiger partial charge in [-0.2, -0.15) is 10.5 Å². The van der Waals surface area contributed by atoms with Gasteiger partial charge in [0.25, 0.3) is 0 Å². The van der Waals surface area contributed by atoms with E-state index in [1.165, 1.54) is 0 Å². The van der Waals surface area contributed by atoms with Crippen LogP contribution in [0.25, 0.3) is 22.3 Å². The van der Waals surface area contributed by atoms with Crippen molar-refractivity contribution < 1.29 is 10.2 Å². The summed E-state index contributed by atoms with van der Waals surface area (Å²) in [7, 11) is 0. The molecule has 0 saturated heterocycles. The fourth-order valence-corrected chi connectivity index (χ4v) is 2.54. The number of hydrogen-bond acceptors (Lipinski definition) is 4. The number of phenolic OH excluding ortho intramolecular Hbond substituents is 2. The van der Waals surface area contributed by atoms with Crippen LogP contribution in [0.15, 0.2) is 60.7 Å². The van der Waals surface area contributed by atoms with Gasteiger partial charge in [-0.3, -0.25) is 0 Å². The quantitative estimate of drug-likeness (QED) is 0.743. The molecule has 0 fully saturated rings. The van der Waals surface area contributed by atoms with Gasteiger partial charge in [-0.25, -0.2) is 0 Å². The number of hydrogen-bond donors (Lipinski definition) is 2. The van der Waals surface area contributed by atoms with Crippen molar-refractivity contribution in [2.45, 2.75) is 0 Å². The summed E-state index contributed by atoms with van der Waals surface area (Å²) in [4.78, 5) is 0. The summed E-state index contributed by atoms with van der Waals surface area (Å²) >= 11 is 0. The average Bonchev–Trinajstić information content (AvgIpc) is 2.62. The first kappa shape index (κ1) is 15.1. The molecule has 0 heterocycles. The second-order valence-corrected chi connectivity index (χ2v) is 5.26. The third-order valence-electron chi connectivity index (χ3n) is 3.76. The van der Waals surface area contributed by atoms with Crippen LogP contribution in [0.3, 0.4) is 0 Å². The molecule has 114 valence electrons. The van der Waals surface area contributed by atoms with E-state index in [0.717, 1.165) is 22.3 Å². The fraction of sp³-hybridized carbons (Fsp3) is 0. The summed E-state index contributed by atoms with van der Waals surface area (Å²) in [5.41, 5.74) is 3.77. The molecule has 0 unspecified atom stereocenters. The van der Waals surface area contributed by atoms with Gasteiger partial charge in [0.15, 0.2) is 0 Å². The third-order valence-corrected chi connectivity index (χ3v) is 3.76. The zero-order valence-corrected chi connectivity index (χ0v) is 12.6. The van der Waals surface area contributed by atoms with Crippen molar-refractivity contribution in [2.24, 2.45) is 0 Å². The third kappa shape index (κ3) is 2.77. The molecule has 0 aliphatic heterocycles. The van der Waals surface area contributed by atoms with E-state index in [-0.39, 0.29) is 11.5 Å². The largest absolute Gasteiger partial charge is 0.508 e. The fourth-order valence-electron chi connectivity index (χ4n) is 2.54. The summed E-state index contributed by atoms with van der Waals surface area (Å²) in [5.74, 6) is 0.304. The average molecular weight is 312 g/mol. The molecule has 4 heteroatoms. The summed E-state index contributed by atoms with van der Waals surface area (Å²) in [5, 5.41) is 37.5. The van der Waals surface area contributed by atoms with Crippen molar-refractivity contribution in [3.05, 3.63) is 71.8 Å². The zero-order chi connectivity index (χ0) is 17.1.